The van der Waals surface area contributed by atoms with Crippen molar-refractivity contribution in [3.8, 4) is 0 Å². The lowest BCUT2D eigenvalue weighted by Crippen LogP contribution is -2.01. The van der Waals surface area contributed by atoms with Crippen LogP contribution in [0.1, 0.15) is 10.4 Å². The zero-order valence-corrected chi connectivity index (χ0v) is 7.78. The zero-order valence-electron chi connectivity index (χ0n) is 7.78. The van der Waals surface area contributed by atoms with Gasteiger partial charge in [0, 0.05) is 0 Å². The Morgan fingerprint density at radius 3 is 2.93 bits per heavy atom. The molecular formula is C12H9O2. The summed E-state index contributed by atoms with van der Waals surface area (Å²) < 4.78 is 4.69. The molecule has 0 fully saturated rings. The maximum Gasteiger partial charge on any atom is 0.338 e. The quantitative estimate of drug-likeness (QED) is 0.638. The van der Waals surface area contributed by atoms with Crippen LogP contribution in [0.3, 0.4) is 0 Å². The topological polar surface area (TPSA) is 26.3 Å². The number of hydrogen-bond acceptors (Lipinski definition) is 2. The van der Waals surface area contributed by atoms with Crippen LogP contribution < -0.4 is 0 Å². The molecule has 2 nitrogen and oxygen atoms in total. The van der Waals surface area contributed by atoms with E-state index in [0.29, 0.717) is 5.56 Å². The van der Waals surface area contributed by atoms with Gasteiger partial charge in [0.2, 0.25) is 0 Å². The molecule has 0 bridgehead atoms. The van der Waals surface area contributed by atoms with Gasteiger partial charge in [-0.25, -0.2) is 4.79 Å². The van der Waals surface area contributed by atoms with Gasteiger partial charge in [-0.2, -0.15) is 0 Å². The van der Waals surface area contributed by atoms with Crippen molar-refractivity contribution in [1.82, 2.24) is 0 Å². The van der Waals surface area contributed by atoms with E-state index in [1.54, 1.807) is 6.07 Å². The standard InChI is InChI=1S/C12H9O2/c1-14-12(13)11-8-4-6-9-5-2-3-7-10(9)11/h2-4,6-8H,1H3. The molecular weight excluding hydrogens is 176 g/mol. The minimum Gasteiger partial charge on any atom is -0.465 e. The third-order valence-electron chi connectivity index (χ3n) is 2.11. The highest BCUT2D eigenvalue weighted by Gasteiger charge is 2.08. The van der Waals surface area contributed by atoms with Crippen molar-refractivity contribution in [2.24, 2.45) is 0 Å². The molecule has 0 N–H and O–H groups in total. The van der Waals surface area contributed by atoms with E-state index in [1.807, 2.05) is 30.3 Å². The number of methoxy groups -OCH3 is 1. The Morgan fingerprint density at radius 1 is 1.29 bits per heavy atom. The first kappa shape index (κ1) is 8.75. The summed E-state index contributed by atoms with van der Waals surface area (Å²) in [5.74, 6) is -0.310. The zero-order chi connectivity index (χ0) is 9.97. The van der Waals surface area contributed by atoms with Gasteiger partial charge in [0.1, 0.15) is 0 Å². The Morgan fingerprint density at radius 2 is 2.14 bits per heavy atom. The maximum absolute atomic E-state index is 11.4. The molecule has 0 aliphatic rings. The molecule has 0 aliphatic heterocycles. The smallest absolute Gasteiger partial charge is 0.338 e. The van der Waals surface area contributed by atoms with Crippen LogP contribution in [-0.4, -0.2) is 13.1 Å². The van der Waals surface area contributed by atoms with Gasteiger partial charge >= 0.3 is 5.97 Å². The molecule has 69 valence electrons. The number of rotatable bonds is 1. The van der Waals surface area contributed by atoms with E-state index < -0.39 is 0 Å². The molecule has 0 saturated heterocycles. The molecule has 2 rings (SSSR count). The minimum atomic E-state index is -0.310. The van der Waals surface area contributed by atoms with Gasteiger partial charge < -0.3 is 4.74 Å². The lowest BCUT2D eigenvalue weighted by Gasteiger charge is -2.03. The molecule has 14 heavy (non-hydrogen) atoms. The van der Waals surface area contributed by atoms with E-state index in [9.17, 15) is 4.79 Å². The fourth-order valence-electron chi connectivity index (χ4n) is 1.44. The van der Waals surface area contributed by atoms with Gasteiger partial charge in [-0.3, -0.25) is 0 Å². The summed E-state index contributed by atoms with van der Waals surface area (Å²) in [6.07, 6.45) is 0. The first-order valence-electron chi connectivity index (χ1n) is 4.30. The van der Waals surface area contributed by atoms with E-state index in [2.05, 4.69) is 6.07 Å². The Hall–Kier alpha value is -1.83. The first-order valence-corrected chi connectivity index (χ1v) is 4.30. The van der Waals surface area contributed by atoms with E-state index in [0.717, 1.165) is 10.8 Å². The number of esters is 1. The van der Waals surface area contributed by atoms with Gasteiger partial charge in [-0.1, -0.05) is 30.3 Å². The molecule has 0 aromatic heterocycles. The maximum atomic E-state index is 11.4. The van der Waals surface area contributed by atoms with Crippen molar-refractivity contribution in [1.29, 1.82) is 0 Å². The van der Waals surface area contributed by atoms with Crippen LogP contribution in [0, 0.1) is 6.07 Å². The van der Waals surface area contributed by atoms with Gasteiger partial charge in [0.05, 0.1) is 12.7 Å². The number of carbonyl (C=O) groups is 1. The van der Waals surface area contributed by atoms with E-state index >= 15 is 0 Å². The summed E-state index contributed by atoms with van der Waals surface area (Å²) in [6.45, 7) is 0. The van der Waals surface area contributed by atoms with Crippen molar-refractivity contribution in [2.75, 3.05) is 7.11 Å². The van der Waals surface area contributed by atoms with Gasteiger partial charge in [-0.15, -0.1) is 0 Å². The number of hydrogen-bond donors (Lipinski definition) is 0. The average Bonchev–Trinajstić information content (AvgIpc) is 2.27. The molecule has 0 unspecified atom stereocenters. The normalized spacial score (nSPS) is 10.1. The lowest BCUT2D eigenvalue weighted by molar-refractivity contribution is 0.0603. The van der Waals surface area contributed by atoms with Crippen molar-refractivity contribution in [3.63, 3.8) is 0 Å². The highest BCUT2D eigenvalue weighted by molar-refractivity contribution is 6.04. The highest BCUT2D eigenvalue weighted by Crippen LogP contribution is 2.18. The van der Waals surface area contributed by atoms with E-state index in [-0.39, 0.29) is 5.97 Å². The van der Waals surface area contributed by atoms with Gasteiger partial charge in [-0.05, 0) is 22.9 Å². The van der Waals surface area contributed by atoms with Crippen LogP contribution in [0.5, 0.6) is 0 Å². The second kappa shape index (κ2) is 3.50. The highest BCUT2D eigenvalue weighted by atomic mass is 16.5. The predicted octanol–water partition coefficient (Wildman–Crippen LogP) is 2.43. The van der Waals surface area contributed by atoms with Crippen molar-refractivity contribution < 1.29 is 9.53 Å². The van der Waals surface area contributed by atoms with Crippen molar-refractivity contribution in [2.45, 2.75) is 0 Å². The number of ether oxygens (including phenoxy) is 1. The number of fused-ring (bicyclic) bond motifs is 1. The van der Waals surface area contributed by atoms with Gasteiger partial charge in [0.25, 0.3) is 0 Å². The van der Waals surface area contributed by atoms with E-state index in [4.69, 9.17) is 4.74 Å². The Kier molecular flexibility index (Phi) is 2.19. The van der Waals surface area contributed by atoms with Crippen LogP contribution in [-0.2, 0) is 4.74 Å². The number of benzene rings is 2. The molecule has 1 radical (unpaired) electrons. The monoisotopic (exact) mass is 185 g/mol. The molecule has 0 spiro atoms. The Balaban J connectivity index is 2.71. The van der Waals surface area contributed by atoms with Crippen LogP contribution in [0.15, 0.2) is 36.4 Å². The fourth-order valence-corrected chi connectivity index (χ4v) is 1.44. The van der Waals surface area contributed by atoms with Crippen LogP contribution >= 0.6 is 0 Å². The molecule has 0 aliphatic carbocycles. The average molecular weight is 185 g/mol. The molecule has 2 heteroatoms. The molecule has 0 atom stereocenters. The summed E-state index contributed by atoms with van der Waals surface area (Å²) in [4.78, 5) is 11.4. The predicted molar refractivity (Wildman–Crippen MR) is 54.1 cm³/mol. The van der Waals surface area contributed by atoms with Crippen molar-refractivity contribution >= 4 is 16.7 Å². The molecule has 2 aromatic carbocycles. The fraction of sp³-hybridized carbons (Fsp3) is 0.0833. The summed E-state index contributed by atoms with van der Waals surface area (Å²) in [5.41, 5.74) is 0.585. The van der Waals surface area contributed by atoms with Crippen LogP contribution in [0.4, 0.5) is 0 Å². The SMILES string of the molecule is COC(=O)c1cccc2[c]cccc12. The van der Waals surface area contributed by atoms with Crippen molar-refractivity contribution in [3.05, 3.63) is 48.0 Å². The second-order valence-electron chi connectivity index (χ2n) is 2.93. The van der Waals surface area contributed by atoms with Crippen LogP contribution in [0.2, 0.25) is 0 Å². The third-order valence-corrected chi connectivity index (χ3v) is 2.11. The minimum absolute atomic E-state index is 0.310. The van der Waals surface area contributed by atoms with E-state index in [1.165, 1.54) is 7.11 Å². The molecule has 0 heterocycles. The molecule has 0 amide bonds. The van der Waals surface area contributed by atoms with Gasteiger partial charge in [0.15, 0.2) is 0 Å². The Labute approximate surface area is 82.1 Å². The summed E-state index contributed by atoms with van der Waals surface area (Å²) >= 11 is 0. The molecule has 2 aromatic rings. The third kappa shape index (κ3) is 1.35. The number of carbonyl (C=O) groups excluding carboxylic acids is 1. The first-order chi connectivity index (χ1) is 6.83. The second-order valence-corrected chi connectivity index (χ2v) is 2.93. The summed E-state index contributed by atoms with van der Waals surface area (Å²) in [5, 5.41) is 1.80. The molecule has 0 saturated carbocycles. The Bertz CT molecular complexity index is 469. The summed E-state index contributed by atoms with van der Waals surface area (Å²) in [7, 11) is 1.38. The largest absolute Gasteiger partial charge is 0.465 e. The lowest BCUT2D eigenvalue weighted by atomic mass is 10.1. The summed E-state index contributed by atoms with van der Waals surface area (Å²) in [6, 6.07) is 14.1. The van der Waals surface area contributed by atoms with Crippen LogP contribution in [0.25, 0.3) is 10.8 Å².